The van der Waals surface area contributed by atoms with Gasteiger partial charge in [-0.2, -0.15) is 4.98 Å². The van der Waals surface area contributed by atoms with Crippen molar-refractivity contribution >= 4 is 5.69 Å². The lowest BCUT2D eigenvalue weighted by Crippen LogP contribution is -2.10. The van der Waals surface area contributed by atoms with Gasteiger partial charge in [-0.1, -0.05) is 29.8 Å². The second-order valence-corrected chi connectivity index (χ2v) is 4.87. The van der Waals surface area contributed by atoms with E-state index < -0.39 is 0 Å². The SMILES string of the molecule is Nc1ccccc1CCc1nc(C2CCC2)no1. The molecule has 0 bridgehead atoms. The standard InChI is InChI=1S/C14H17N3O/c15-12-7-2-1-4-10(12)8-9-13-16-14(17-18-13)11-5-3-6-11/h1-2,4,7,11H,3,5-6,8-9,15H2. The Labute approximate surface area is 106 Å². The molecule has 1 heterocycles. The van der Waals surface area contributed by atoms with Crippen molar-refractivity contribution in [1.82, 2.24) is 10.1 Å². The van der Waals surface area contributed by atoms with E-state index in [9.17, 15) is 0 Å². The van der Waals surface area contributed by atoms with Crippen molar-refractivity contribution in [2.45, 2.75) is 38.0 Å². The van der Waals surface area contributed by atoms with E-state index in [1.165, 1.54) is 19.3 Å². The maximum Gasteiger partial charge on any atom is 0.226 e. The summed E-state index contributed by atoms with van der Waals surface area (Å²) in [6.07, 6.45) is 5.29. The van der Waals surface area contributed by atoms with Gasteiger partial charge in [-0.05, 0) is 30.9 Å². The Morgan fingerprint density at radius 1 is 1.22 bits per heavy atom. The molecule has 1 aliphatic rings. The minimum Gasteiger partial charge on any atom is -0.399 e. The molecule has 2 N–H and O–H groups in total. The van der Waals surface area contributed by atoms with Crippen molar-refractivity contribution < 1.29 is 4.52 Å². The Morgan fingerprint density at radius 2 is 2.06 bits per heavy atom. The molecule has 1 aliphatic carbocycles. The monoisotopic (exact) mass is 243 g/mol. The largest absolute Gasteiger partial charge is 0.399 e. The summed E-state index contributed by atoms with van der Waals surface area (Å²) in [5.41, 5.74) is 7.87. The first-order chi connectivity index (χ1) is 8.83. The minimum atomic E-state index is 0.532. The number of hydrogen-bond donors (Lipinski definition) is 1. The van der Waals surface area contributed by atoms with Crippen LogP contribution in [0.1, 0.15) is 42.5 Å². The summed E-state index contributed by atoms with van der Waals surface area (Å²) in [5, 5.41) is 4.06. The lowest BCUT2D eigenvalue weighted by Gasteiger charge is -2.20. The first-order valence-electron chi connectivity index (χ1n) is 6.49. The number of aryl methyl sites for hydroxylation is 2. The number of rotatable bonds is 4. The van der Waals surface area contributed by atoms with Gasteiger partial charge in [0.1, 0.15) is 0 Å². The minimum absolute atomic E-state index is 0.532. The summed E-state index contributed by atoms with van der Waals surface area (Å²) in [4.78, 5) is 4.46. The molecule has 1 saturated carbocycles. The van der Waals surface area contributed by atoms with Gasteiger partial charge in [0.05, 0.1) is 0 Å². The third-order valence-corrected chi connectivity index (χ3v) is 3.62. The van der Waals surface area contributed by atoms with Gasteiger partial charge in [0, 0.05) is 18.0 Å². The second kappa shape index (κ2) is 4.80. The van der Waals surface area contributed by atoms with Gasteiger partial charge in [0.25, 0.3) is 0 Å². The zero-order valence-electron chi connectivity index (χ0n) is 10.3. The quantitative estimate of drug-likeness (QED) is 0.838. The van der Waals surface area contributed by atoms with Gasteiger partial charge >= 0.3 is 0 Å². The van der Waals surface area contributed by atoms with Crippen LogP contribution in [0, 0.1) is 0 Å². The smallest absolute Gasteiger partial charge is 0.226 e. The molecule has 94 valence electrons. The van der Waals surface area contributed by atoms with E-state index in [2.05, 4.69) is 10.1 Å². The predicted molar refractivity (Wildman–Crippen MR) is 69.2 cm³/mol. The van der Waals surface area contributed by atoms with Crippen molar-refractivity contribution in [3.05, 3.63) is 41.5 Å². The molecule has 4 nitrogen and oxygen atoms in total. The molecule has 0 aliphatic heterocycles. The van der Waals surface area contributed by atoms with Crippen LogP contribution in [-0.2, 0) is 12.8 Å². The Hall–Kier alpha value is -1.84. The molecule has 2 aromatic rings. The van der Waals surface area contributed by atoms with Crippen LogP contribution in [0.3, 0.4) is 0 Å². The van der Waals surface area contributed by atoms with Crippen LogP contribution in [0.15, 0.2) is 28.8 Å². The van der Waals surface area contributed by atoms with Crippen molar-refractivity contribution in [1.29, 1.82) is 0 Å². The maximum atomic E-state index is 5.90. The van der Waals surface area contributed by atoms with Crippen LogP contribution in [0.4, 0.5) is 5.69 Å². The Kier molecular flexibility index (Phi) is 3.00. The molecule has 0 saturated heterocycles. The van der Waals surface area contributed by atoms with E-state index in [0.29, 0.717) is 5.92 Å². The van der Waals surface area contributed by atoms with Gasteiger partial charge in [0.15, 0.2) is 5.82 Å². The number of nitrogens with two attached hydrogens (primary N) is 1. The first-order valence-corrected chi connectivity index (χ1v) is 6.49. The van der Waals surface area contributed by atoms with Crippen LogP contribution < -0.4 is 5.73 Å². The molecule has 1 fully saturated rings. The number of para-hydroxylation sites is 1. The number of anilines is 1. The fraction of sp³-hybridized carbons (Fsp3) is 0.429. The van der Waals surface area contributed by atoms with Crippen molar-refractivity contribution in [3.63, 3.8) is 0 Å². The summed E-state index contributed by atoms with van der Waals surface area (Å²) < 4.78 is 5.28. The summed E-state index contributed by atoms with van der Waals surface area (Å²) >= 11 is 0. The van der Waals surface area contributed by atoms with Crippen LogP contribution in [-0.4, -0.2) is 10.1 Å². The fourth-order valence-corrected chi connectivity index (χ4v) is 2.21. The average molecular weight is 243 g/mol. The van der Waals surface area contributed by atoms with E-state index in [-0.39, 0.29) is 0 Å². The van der Waals surface area contributed by atoms with E-state index in [1.54, 1.807) is 0 Å². The van der Waals surface area contributed by atoms with Gasteiger partial charge < -0.3 is 10.3 Å². The molecule has 18 heavy (non-hydrogen) atoms. The zero-order chi connectivity index (χ0) is 12.4. The molecule has 1 aromatic heterocycles. The maximum absolute atomic E-state index is 5.90. The molecular formula is C14H17N3O. The van der Waals surface area contributed by atoms with Crippen LogP contribution >= 0.6 is 0 Å². The molecule has 0 amide bonds. The summed E-state index contributed by atoms with van der Waals surface area (Å²) in [7, 11) is 0. The van der Waals surface area contributed by atoms with Gasteiger partial charge in [-0.3, -0.25) is 0 Å². The number of nitrogen functional groups attached to an aromatic ring is 1. The molecule has 4 heteroatoms. The Balaban J connectivity index is 1.63. The highest BCUT2D eigenvalue weighted by Crippen LogP contribution is 2.34. The summed E-state index contributed by atoms with van der Waals surface area (Å²) in [5.74, 6) is 2.14. The Bertz CT molecular complexity index is 531. The zero-order valence-corrected chi connectivity index (χ0v) is 10.3. The number of nitrogens with zero attached hydrogens (tertiary/aromatic N) is 2. The van der Waals surface area contributed by atoms with E-state index >= 15 is 0 Å². The molecule has 1 aromatic carbocycles. The molecule has 0 radical (unpaired) electrons. The average Bonchev–Trinajstić information content (AvgIpc) is 2.74. The van der Waals surface area contributed by atoms with E-state index in [0.717, 1.165) is 35.8 Å². The third kappa shape index (κ3) is 2.23. The van der Waals surface area contributed by atoms with Crippen LogP contribution in [0.5, 0.6) is 0 Å². The lowest BCUT2D eigenvalue weighted by molar-refractivity contribution is 0.347. The molecule has 3 rings (SSSR count). The van der Waals surface area contributed by atoms with Gasteiger partial charge in [0.2, 0.25) is 5.89 Å². The van der Waals surface area contributed by atoms with Crippen LogP contribution in [0.2, 0.25) is 0 Å². The third-order valence-electron chi connectivity index (χ3n) is 3.62. The van der Waals surface area contributed by atoms with Crippen molar-refractivity contribution in [3.8, 4) is 0 Å². The highest BCUT2D eigenvalue weighted by atomic mass is 16.5. The summed E-state index contributed by atoms with van der Waals surface area (Å²) in [6, 6.07) is 7.90. The highest BCUT2D eigenvalue weighted by molar-refractivity contribution is 5.46. The molecule has 0 atom stereocenters. The molecular weight excluding hydrogens is 226 g/mol. The second-order valence-electron chi connectivity index (χ2n) is 4.87. The first kappa shape index (κ1) is 11.3. The van der Waals surface area contributed by atoms with E-state index in [4.69, 9.17) is 10.3 Å². The number of aromatic nitrogens is 2. The molecule has 0 unspecified atom stereocenters. The fourth-order valence-electron chi connectivity index (χ4n) is 2.21. The van der Waals surface area contributed by atoms with Crippen molar-refractivity contribution in [2.75, 3.05) is 5.73 Å². The lowest BCUT2D eigenvalue weighted by atomic mass is 9.85. The Morgan fingerprint density at radius 3 is 2.78 bits per heavy atom. The van der Waals surface area contributed by atoms with E-state index in [1.807, 2.05) is 24.3 Å². The van der Waals surface area contributed by atoms with Gasteiger partial charge in [-0.15, -0.1) is 0 Å². The summed E-state index contributed by atoms with van der Waals surface area (Å²) in [6.45, 7) is 0. The molecule has 0 spiro atoms. The van der Waals surface area contributed by atoms with Gasteiger partial charge in [-0.25, -0.2) is 0 Å². The predicted octanol–water partition coefficient (Wildman–Crippen LogP) is 2.70. The van der Waals surface area contributed by atoms with Crippen molar-refractivity contribution in [2.24, 2.45) is 0 Å². The number of hydrogen-bond acceptors (Lipinski definition) is 4. The normalized spacial score (nSPS) is 15.6. The number of benzene rings is 1. The topological polar surface area (TPSA) is 64.9 Å². The van der Waals surface area contributed by atoms with Crippen LogP contribution in [0.25, 0.3) is 0 Å². The highest BCUT2D eigenvalue weighted by Gasteiger charge is 2.24.